The number of hydrogen-bond donors (Lipinski definition) is 2. The molecule has 0 saturated heterocycles. The van der Waals surface area contributed by atoms with E-state index in [1.807, 2.05) is 30.3 Å². The number of nitrogens with one attached hydrogen (secondary N) is 2. The number of nitrogens with zero attached hydrogens (tertiary/aromatic N) is 3. The summed E-state index contributed by atoms with van der Waals surface area (Å²) < 4.78 is 13.2. The first-order valence-electron chi connectivity index (χ1n) is 10.4. The molecule has 0 aliphatic heterocycles. The molecule has 35 heavy (non-hydrogen) atoms. The van der Waals surface area contributed by atoms with Gasteiger partial charge in [0.2, 0.25) is 11.0 Å². The van der Waals surface area contributed by atoms with Crippen molar-refractivity contribution in [2.24, 2.45) is 0 Å². The average Bonchev–Trinajstić information content (AvgIpc) is 3.33. The van der Waals surface area contributed by atoms with Gasteiger partial charge in [0, 0.05) is 29.7 Å². The molecule has 1 heterocycles. The summed E-state index contributed by atoms with van der Waals surface area (Å²) in [6.45, 7) is 0. The van der Waals surface area contributed by atoms with Gasteiger partial charge in [-0.2, -0.15) is 0 Å². The molecule has 2 amide bonds. The minimum atomic E-state index is -0.960. The van der Waals surface area contributed by atoms with Gasteiger partial charge in [-0.1, -0.05) is 41.7 Å². The van der Waals surface area contributed by atoms with Crippen LogP contribution in [-0.4, -0.2) is 33.0 Å². The Morgan fingerprint density at radius 3 is 2.31 bits per heavy atom. The zero-order valence-electron chi connectivity index (χ0n) is 18.1. The first kappa shape index (κ1) is 23.6. The molecule has 176 valence electrons. The summed E-state index contributed by atoms with van der Waals surface area (Å²) in [4.78, 5) is 36.2. The maximum atomic E-state index is 13.2. The molecule has 0 saturated carbocycles. The quantitative estimate of drug-likeness (QED) is 0.280. The molecule has 1 aromatic heterocycles. The van der Waals surface area contributed by atoms with Crippen molar-refractivity contribution in [3.63, 3.8) is 0 Å². The predicted octanol–water partition coefficient (Wildman–Crippen LogP) is 4.23. The number of nitro benzene ring substituents is 1. The van der Waals surface area contributed by atoms with E-state index in [9.17, 15) is 24.1 Å². The Kier molecular flexibility index (Phi) is 7.17. The molecule has 0 spiro atoms. The lowest BCUT2D eigenvalue weighted by Gasteiger charge is -2.18. The SMILES string of the molecule is O=C(NC(Cc1ccccc1)C(=O)Nc1nnc(-c2ccc(F)cc2)s1)c1ccc([N+](=O)[O-])cc1. The highest BCUT2D eigenvalue weighted by molar-refractivity contribution is 7.18. The van der Waals surface area contributed by atoms with Crippen molar-refractivity contribution in [1.29, 1.82) is 0 Å². The van der Waals surface area contributed by atoms with E-state index >= 15 is 0 Å². The lowest BCUT2D eigenvalue weighted by atomic mass is 10.0. The van der Waals surface area contributed by atoms with Crippen molar-refractivity contribution in [2.75, 3.05) is 5.32 Å². The summed E-state index contributed by atoms with van der Waals surface area (Å²) >= 11 is 1.11. The molecule has 0 radical (unpaired) electrons. The first-order valence-corrected chi connectivity index (χ1v) is 11.2. The Bertz CT molecular complexity index is 1340. The fourth-order valence-electron chi connectivity index (χ4n) is 3.21. The Labute approximate surface area is 202 Å². The van der Waals surface area contributed by atoms with Crippen molar-refractivity contribution < 1.29 is 18.9 Å². The van der Waals surface area contributed by atoms with Crippen LogP contribution in [0.2, 0.25) is 0 Å². The van der Waals surface area contributed by atoms with Crippen LogP contribution in [0.15, 0.2) is 78.9 Å². The van der Waals surface area contributed by atoms with Gasteiger partial charge in [-0.25, -0.2) is 4.39 Å². The summed E-state index contributed by atoms with van der Waals surface area (Å²) in [5.74, 6) is -1.44. The number of benzene rings is 3. The van der Waals surface area contributed by atoms with Crippen LogP contribution in [0.25, 0.3) is 10.6 Å². The van der Waals surface area contributed by atoms with E-state index < -0.39 is 22.8 Å². The maximum absolute atomic E-state index is 13.2. The summed E-state index contributed by atoms with van der Waals surface area (Å²) in [7, 11) is 0. The summed E-state index contributed by atoms with van der Waals surface area (Å²) in [6.07, 6.45) is 0.203. The maximum Gasteiger partial charge on any atom is 0.269 e. The third-order valence-corrected chi connectivity index (χ3v) is 5.88. The minimum absolute atomic E-state index is 0.145. The molecular formula is C24H18FN5O4S. The summed E-state index contributed by atoms with van der Waals surface area (Å²) in [5, 5.41) is 24.9. The Balaban J connectivity index is 1.50. The van der Waals surface area contributed by atoms with Crippen molar-refractivity contribution in [3.8, 4) is 10.6 Å². The zero-order valence-corrected chi connectivity index (χ0v) is 18.9. The molecule has 4 rings (SSSR count). The number of halogens is 1. The van der Waals surface area contributed by atoms with E-state index in [0.717, 1.165) is 16.9 Å². The highest BCUT2D eigenvalue weighted by Gasteiger charge is 2.24. The highest BCUT2D eigenvalue weighted by atomic mass is 32.1. The summed E-state index contributed by atoms with van der Waals surface area (Å²) in [5.41, 5.74) is 1.50. The molecule has 3 aromatic carbocycles. The van der Waals surface area contributed by atoms with Gasteiger partial charge in [0.15, 0.2) is 0 Å². The second kappa shape index (κ2) is 10.6. The van der Waals surface area contributed by atoms with Crippen LogP contribution in [-0.2, 0) is 11.2 Å². The average molecular weight is 492 g/mol. The molecular weight excluding hydrogens is 473 g/mol. The van der Waals surface area contributed by atoms with Gasteiger partial charge in [-0.3, -0.25) is 25.0 Å². The highest BCUT2D eigenvalue weighted by Crippen LogP contribution is 2.26. The van der Waals surface area contributed by atoms with Gasteiger partial charge in [0.25, 0.3) is 11.6 Å². The lowest BCUT2D eigenvalue weighted by Crippen LogP contribution is -2.45. The number of anilines is 1. The van der Waals surface area contributed by atoms with Crippen molar-refractivity contribution >= 4 is 34.0 Å². The lowest BCUT2D eigenvalue weighted by molar-refractivity contribution is -0.384. The van der Waals surface area contributed by atoms with Crippen LogP contribution in [0, 0.1) is 15.9 Å². The van der Waals surface area contributed by atoms with Gasteiger partial charge in [0.05, 0.1) is 4.92 Å². The molecule has 2 N–H and O–H groups in total. The third kappa shape index (κ3) is 6.09. The summed E-state index contributed by atoms with van der Waals surface area (Å²) in [6, 6.07) is 19.0. The second-order valence-electron chi connectivity index (χ2n) is 7.43. The molecule has 0 aliphatic rings. The number of rotatable bonds is 8. The fraction of sp³-hybridized carbons (Fsp3) is 0.0833. The van der Waals surface area contributed by atoms with Crippen LogP contribution in [0.4, 0.5) is 15.2 Å². The standard InChI is InChI=1S/C24H18FN5O4S/c25-18-10-6-17(7-11-18)23-28-29-24(35-23)27-22(32)20(14-15-4-2-1-3-5-15)26-21(31)16-8-12-19(13-9-16)30(33)34/h1-13,20H,14H2,(H,26,31)(H,27,29,32). The van der Waals surface area contributed by atoms with E-state index in [0.29, 0.717) is 10.6 Å². The molecule has 9 nitrogen and oxygen atoms in total. The number of nitro groups is 1. The number of non-ortho nitro benzene ring substituents is 1. The smallest absolute Gasteiger partial charge is 0.269 e. The van der Waals surface area contributed by atoms with Crippen LogP contribution in [0.5, 0.6) is 0 Å². The van der Waals surface area contributed by atoms with Crippen LogP contribution in [0.3, 0.4) is 0 Å². The Morgan fingerprint density at radius 2 is 1.66 bits per heavy atom. The molecule has 11 heteroatoms. The Morgan fingerprint density at radius 1 is 0.971 bits per heavy atom. The van der Waals surface area contributed by atoms with Gasteiger partial charge in [-0.15, -0.1) is 10.2 Å². The van der Waals surface area contributed by atoms with Gasteiger partial charge in [0.1, 0.15) is 16.9 Å². The first-order chi connectivity index (χ1) is 16.9. The Hall–Kier alpha value is -4.51. The van der Waals surface area contributed by atoms with E-state index in [2.05, 4.69) is 20.8 Å². The van der Waals surface area contributed by atoms with Crippen molar-refractivity contribution in [2.45, 2.75) is 12.5 Å². The largest absolute Gasteiger partial charge is 0.340 e. The minimum Gasteiger partial charge on any atom is -0.340 e. The number of carbonyl (C=O) groups is 2. The molecule has 1 unspecified atom stereocenters. The van der Waals surface area contributed by atoms with Crippen LogP contribution >= 0.6 is 11.3 Å². The third-order valence-electron chi connectivity index (χ3n) is 4.99. The molecule has 0 fully saturated rings. The number of amides is 2. The zero-order chi connectivity index (χ0) is 24.8. The second-order valence-corrected chi connectivity index (χ2v) is 8.41. The molecule has 0 bridgehead atoms. The van der Waals surface area contributed by atoms with E-state index in [1.165, 1.54) is 36.4 Å². The predicted molar refractivity (Wildman–Crippen MR) is 128 cm³/mol. The number of carbonyl (C=O) groups excluding carboxylic acids is 2. The van der Waals surface area contributed by atoms with E-state index in [4.69, 9.17) is 0 Å². The van der Waals surface area contributed by atoms with Crippen LogP contribution < -0.4 is 10.6 Å². The topological polar surface area (TPSA) is 127 Å². The van der Waals surface area contributed by atoms with Crippen LogP contribution in [0.1, 0.15) is 15.9 Å². The number of aromatic nitrogens is 2. The van der Waals surface area contributed by atoms with Crippen molar-refractivity contribution in [1.82, 2.24) is 15.5 Å². The van der Waals surface area contributed by atoms with Gasteiger partial charge >= 0.3 is 0 Å². The normalized spacial score (nSPS) is 11.5. The molecule has 0 aliphatic carbocycles. The van der Waals surface area contributed by atoms with Crippen molar-refractivity contribution in [3.05, 3.63) is 106 Å². The molecule has 1 atom stereocenters. The monoisotopic (exact) mass is 491 g/mol. The molecule has 4 aromatic rings. The van der Waals surface area contributed by atoms with E-state index in [-0.39, 0.29) is 28.6 Å². The van der Waals surface area contributed by atoms with Gasteiger partial charge < -0.3 is 5.32 Å². The van der Waals surface area contributed by atoms with Gasteiger partial charge in [-0.05, 0) is 42.0 Å². The number of hydrogen-bond acceptors (Lipinski definition) is 7. The fourth-order valence-corrected chi connectivity index (χ4v) is 3.96. The van der Waals surface area contributed by atoms with E-state index in [1.54, 1.807) is 12.1 Å².